The van der Waals surface area contributed by atoms with E-state index < -0.39 is 0 Å². The molecule has 1 N–H and O–H groups in total. The molecule has 0 aliphatic rings. The molecule has 0 fully saturated rings. The molecule has 0 spiro atoms. The Labute approximate surface area is 94.3 Å². The SMILES string of the molecule is CCOc1cc(Br)cc2scc(O)c12. The fourth-order valence-corrected chi connectivity index (χ4v) is 2.81. The van der Waals surface area contributed by atoms with Crippen molar-refractivity contribution in [3.63, 3.8) is 0 Å². The number of benzene rings is 1. The summed E-state index contributed by atoms with van der Waals surface area (Å²) in [4.78, 5) is 0. The average molecular weight is 273 g/mol. The van der Waals surface area contributed by atoms with E-state index in [0.717, 1.165) is 20.3 Å². The van der Waals surface area contributed by atoms with Crippen molar-refractivity contribution in [2.24, 2.45) is 0 Å². The molecular weight excluding hydrogens is 264 g/mol. The van der Waals surface area contributed by atoms with Gasteiger partial charge < -0.3 is 9.84 Å². The first-order chi connectivity index (χ1) is 6.72. The number of ether oxygens (including phenoxy) is 1. The second-order valence-electron chi connectivity index (χ2n) is 2.83. The molecule has 0 aliphatic carbocycles. The summed E-state index contributed by atoms with van der Waals surface area (Å²) < 4.78 is 7.45. The van der Waals surface area contributed by atoms with Crippen LogP contribution in [0.1, 0.15) is 6.92 Å². The zero-order chi connectivity index (χ0) is 10.1. The van der Waals surface area contributed by atoms with Crippen molar-refractivity contribution >= 4 is 37.4 Å². The van der Waals surface area contributed by atoms with E-state index in [-0.39, 0.29) is 0 Å². The number of thiophene rings is 1. The van der Waals surface area contributed by atoms with Crippen LogP contribution in [0.4, 0.5) is 0 Å². The van der Waals surface area contributed by atoms with Crippen LogP contribution < -0.4 is 4.74 Å². The number of halogens is 1. The van der Waals surface area contributed by atoms with E-state index >= 15 is 0 Å². The molecule has 2 nitrogen and oxygen atoms in total. The zero-order valence-electron chi connectivity index (χ0n) is 7.58. The maximum Gasteiger partial charge on any atom is 0.137 e. The molecule has 0 saturated carbocycles. The van der Waals surface area contributed by atoms with E-state index in [0.29, 0.717) is 12.4 Å². The highest BCUT2D eigenvalue weighted by Crippen LogP contribution is 2.40. The minimum Gasteiger partial charge on any atom is -0.506 e. The predicted octanol–water partition coefficient (Wildman–Crippen LogP) is 3.77. The van der Waals surface area contributed by atoms with Crippen molar-refractivity contribution < 1.29 is 9.84 Å². The molecule has 0 amide bonds. The largest absolute Gasteiger partial charge is 0.506 e. The minimum atomic E-state index is 0.293. The van der Waals surface area contributed by atoms with E-state index in [1.165, 1.54) is 11.3 Å². The molecule has 14 heavy (non-hydrogen) atoms. The standard InChI is InChI=1S/C10H9BrO2S/c1-2-13-8-3-6(11)4-9-10(8)7(12)5-14-9/h3-5,12H,2H2,1H3. The fraction of sp³-hybridized carbons (Fsp3) is 0.200. The van der Waals surface area contributed by atoms with Gasteiger partial charge in [0, 0.05) is 14.6 Å². The van der Waals surface area contributed by atoms with Gasteiger partial charge >= 0.3 is 0 Å². The number of aromatic hydroxyl groups is 1. The van der Waals surface area contributed by atoms with Crippen LogP contribution in [-0.2, 0) is 0 Å². The lowest BCUT2D eigenvalue weighted by Crippen LogP contribution is -1.91. The third-order valence-corrected chi connectivity index (χ3v) is 3.26. The molecule has 0 atom stereocenters. The topological polar surface area (TPSA) is 29.5 Å². The Hall–Kier alpha value is -0.740. The van der Waals surface area contributed by atoms with E-state index in [2.05, 4.69) is 15.9 Å². The van der Waals surface area contributed by atoms with E-state index in [1.807, 2.05) is 19.1 Å². The zero-order valence-corrected chi connectivity index (χ0v) is 9.98. The van der Waals surface area contributed by atoms with Crippen LogP contribution in [0, 0.1) is 0 Å². The average Bonchev–Trinajstić information content (AvgIpc) is 2.48. The first-order valence-corrected chi connectivity index (χ1v) is 5.92. The molecule has 1 aromatic carbocycles. The quantitative estimate of drug-likeness (QED) is 0.902. The smallest absolute Gasteiger partial charge is 0.137 e. The van der Waals surface area contributed by atoms with Crippen molar-refractivity contribution in [2.45, 2.75) is 6.92 Å². The minimum absolute atomic E-state index is 0.293. The number of rotatable bonds is 2. The summed E-state index contributed by atoms with van der Waals surface area (Å²) in [5.41, 5.74) is 0. The van der Waals surface area contributed by atoms with Gasteiger partial charge in [-0.25, -0.2) is 0 Å². The molecule has 4 heteroatoms. The molecule has 0 bridgehead atoms. The molecule has 0 radical (unpaired) electrons. The monoisotopic (exact) mass is 272 g/mol. The summed E-state index contributed by atoms with van der Waals surface area (Å²) in [6, 6.07) is 3.85. The molecule has 1 aromatic heterocycles. The lowest BCUT2D eigenvalue weighted by Gasteiger charge is -2.05. The van der Waals surface area contributed by atoms with Crippen LogP contribution in [0.25, 0.3) is 10.1 Å². The lowest BCUT2D eigenvalue weighted by atomic mass is 10.2. The molecule has 74 valence electrons. The third-order valence-electron chi connectivity index (χ3n) is 1.88. The van der Waals surface area contributed by atoms with E-state index in [9.17, 15) is 5.11 Å². The van der Waals surface area contributed by atoms with Gasteiger partial charge in [0.1, 0.15) is 11.5 Å². The first kappa shape index (κ1) is 9.80. The van der Waals surface area contributed by atoms with Crippen LogP contribution in [-0.4, -0.2) is 11.7 Å². The van der Waals surface area contributed by atoms with Gasteiger partial charge in [-0.2, -0.15) is 0 Å². The van der Waals surface area contributed by atoms with Crippen molar-refractivity contribution in [1.82, 2.24) is 0 Å². The Morgan fingerprint density at radius 1 is 1.50 bits per heavy atom. The molecule has 1 heterocycles. The van der Waals surface area contributed by atoms with Crippen molar-refractivity contribution in [3.8, 4) is 11.5 Å². The van der Waals surface area contributed by atoms with Gasteiger partial charge in [-0.15, -0.1) is 11.3 Å². The number of hydrogen-bond acceptors (Lipinski definition) is 3. The van der Waals surface area contributed by atoms with Crippen molar-refractivity contribution in [1.29, 1.82) is 0 Å². The van der Waals surface area contributed by atoms with Gasteiger partial charge in [0.05, 0.1) is 12.0 Å². The number of hydrogen-bond donors (Lipinski definition) is 1. The van der Waals surface area contributed by atoms with Crippen LogP contribution in [0.5, 0.6) is 11.5 Å². The molecule has 2 aromatic rings. The normalized spacial score (nSPS) is 10.7. The fourth-order valence-electron chi connectivity index (χ4n) is 1.35. The summed E-state index contributed by atoms with van der Waals surface area (Å²) in [6.45, 7) is 2.52. The second kappa shape index (κ2) is 3.79. The summed E-state index contributed by atoms with van der Waals surface area (Å²) in [5, 5.41) is 12.2. The maximum absolute atomic E-state index is 9.62. The summed E-state index contributed by atoms with van der Waals surface area (Å²) in [7, 11) is 0. The van der Waals surface area contributed by atoms with Gasteiger partial charge in [0.2, 0.25) is 0 Å². The van der Waals surface area contributed by atoms with Crippen molar-refractivity contribution in [3.05, 3.63) is 22.0 Å². The van der Waals surface area contributed by atoms with E-state index in [4.69, 9.17) is 4.74 Å². The Bertz CT molecular complexity index is 464. The van der Waals surface area contributed by atoms with Crippen LogP contribution in [0.3, 0.4) is 0 Å². The maximum atomic E-state index is 9.62. The Morgan fingerprint density at radius 3 is 3.00 bits per heavy atom. The Morgan fingerprint density at radius 2 is 2.29 bits per heavy atom. The third kappa shape index (κ3) is 1.60. The van der Waals surface area contributed by atoms with Crippen LogP contribution >= 0.6 is 27.3 Å². The molecule has 2 rings (SSSR count). The summed E-state index contributed by atoms with van der Waals surface area (Å²) in [6.07, 6.45) is 0. The molecular formula is C10H9BrO2S. The number of fused-ring (bicyclic) bond motifs is 1. The first-order valence-electron chi connectivity index (χ1n) is 4.25. The second-order valence-corrected chi connectivity index (χ2v) is 4.66. The van der Waals surface area contributed by atoms with Crippen LogP contribution in [0.15, 0.2) is 22.0 Å². The van der Waals surface area contributed by atoms with E-state index in [1.54, 1.807) is 5.38 Å². The van der Waals surface area contributed by atoms with Gasteiger partial charge in [-0.1, -0.05) is 15.9 Å². The molecule has 0 aliphatic heterocycles. The summed E-state index contributed by atoms with van der Waals surface area (Å²) in [5.74, 6) is 1.02. The molecule has 0 unspecified atom stereocenters. The summed E-state index contributed by atoms with van der Waals surface area (Å²) >= 11 is 4.92. The van der Waals surface area contributed by atoms with Gasteiger partial charge in [0.25, 0.3) is 0 Å². The highest BCUT2D eigenvalue weighted by molar-refractivity contribution is 9.10. The highest BCUT2D eigenvalue weighted by Gasteiger charge is 2.10. The lowest BCUT2D eigenvalue weighted by molar-refractivity contribution is 0.343. The predicted molar refractivity (Wildman–Crippen MR) is 62.4 cm³/mol. The van der Waals surface area contributed by atoms with Gasteiger partial charge in [-0.05, 0) is 19.1 Å². The highest BCUT2D eigenvalue weighted by atomic mass is 79.9. The Kier molecular flexibility index (Phi) is 2.65. The van der Waals surface area contributed by atoms with Crippen LogP contribution in [0.2, 0.25) is 0 Å². The van der Waals surface area contributed by atoms with Gasteiger partial charge in [-0.3, -0.25) is 0 Å². The Balaban J connectivity index is 2.70. The van der Waals surface area contributed by atoms with Gasteiger partial charge in [0.15, 0.2) is 0 Å². The molecule has 0 saturated heterocycles. The van der Waals surface area contributed by atoms with Crippen molar-refractivity contribution in [2.75, 3.05) is 6.61 Å².